The SMILES string of the molecule is CC(C)CN1C(c2ccc(C#N)cc2)=NOC1(C)Cc1ccccc1. The van der Waals surface area contributed by atoms with E-state index in [0.29, 0.717) is 11.5 Å². The molecule has 128 valence electrons. The second kappa shape index (κ2) is 6.98. The fourth-order valence-corrected chi connectivity index (χ4v) is 3.11. The third kappa shape index (κ3) is 3.66. The normalized spacial score (nSPS) is 19.5. The molecule has 1 unspecified atom stereocenters. The van der Waals surface area contributed by atoms with Crippen molar-refractivity contribution in [2.24, 2.45) is 11.1 Å². The van der Waals surface area contributed by atoms with Crippen LogP contribution in [0.2, 0.25) is 0 Å². The second-order valence-corrected chi connectivity index (χ2v) is 7.04. The lowest BCUT2D eigenvalue weighted by molar-refractivity contribution is -0.0859. The van der Waals surface area contributed by atoms with Gasteiger partial charge in [-0.25, -0.2) is 0 Å². The summed E-state index contributed by atoms with van der Waals surface area (Å²) in [6, 6.07) is 20.0. The van der Waals surface area contributed by atoms with E-state index in [4.69, 9.17) is 10.1 Å². The first-order chi connectivity index (χ1) is 12.0. The monoisotopic (exact) mass is 333 g/mol. The molecule has 0 amide bonds. The molecule has 0 N–H and O–H groups in total. The number of rotatable bonds is 5. The van der Waals surface area contributed by atoms with E-state index in [1.165, 1.54) is 5.56 Å². The van der Waals surface area contributed by atoms with Gasteiger partial charge in [0, 0.05) is 18.5 Å². The molecule has 1 heterocycles. The summed E-state index contributed by atoms with van der Waals surface area (Å²) in [6.07, 6.45) is 0.754. The molecule has 0 aliphatic carbocycles. The van der Waals surface area contributed by atoms with Gasteiger partial charge in [0.25, 0.3) is 0 Å². The third-order valence-corrected chi connectivity index (χ3v) is 4.35. The number of nitrogens with zero attached hydrogens (tertiary/aromatic N) is 3. The number of hydrogen-bond donors (Lipinski definition) is 0. The predicted octanol–water partition coefficient (Wildman–Crippen LogP) is 4.17. The van der Waals surface area contributed by atoms with Crippen molar-refractivity contribution in [1.82, 2.24) is 4.90 Å². The molecule has 0 radical (unpaired) electrons. The molecule has 4 heteroatoms. The van der Waals surface area contributed by atoms with Crippen LogP contribution in [0.15, 0.2) is 59.8 Å². The molecule has 25 heavy (non-hydrogen) atoms. The Morgan fingerprint density at radius 1 is 1.12 bits per heavy atom. The van der Waals surface area contributed by atoms with Crippen LogP contribution in [0.4, 0.5) is 0 Å². The second-order valence-electron chi connectivity index (χ2n) is 7.04. The van der Waals surface area contributed by atoms with Crippen molar-refractivity contribution in [3.05, 3.63) is 71.3 Å². The van der Waals surface area contributed by atoms with Crippen LogP contribution in [-0.2, 0) is 11.3 Å². The Bertz CT molecular complexity index is 790. The van der Waals surface area contributed by atoms with Gasteiger partial charge < -0.3 is 9.74 Å². The highest BCUT2D eigenvalue weighted by Gasteiger charge is 2.42. The van der Waals surface area contributed by atoms with E-state index in [-0.39, 0.29) is 0 Å². The summed E-state index contributed by atoms with van der Waals surface area (Å²) in [5.41, 5.74) is 2.31. The van der Waals surface area contributed by atoms with Gasteiger partial charge in [-0.15, -0.1) is 0 Å². The van der Waals surface area contributed by atoms with Crippen LogP contribution >= 0.6 is 0 Å². The summed E-state index contributed by atoms with van der Waals surface area (Å²) < 4.78 is 0. The van der Waals surface area contributed by atoms with E-state index in [1.807, 2.05) is 42.5 Å². The van der Waals surface area contributed by atoms with Crippen LogP contribution in [0.25, 0.3) is 0 Å². The minimum absolute atomic E-state index is 0.473. The first-order valence-corrected chi connectivity index (χ1v) is 8.60. The van der Waals surface area contributed by atoms with Crippen molar-refractivity contribution in [3.63, 3.8) is 0 Å². The van der Waals surface area contributed by atoms with Gasteiger partial charge in [-0.1, -0.05) is 49.3 Å². The van der Waals surface area contributed by atoms with Crippen molar-refractivity contribution >= 4 is 5.84 Å². The average molecular weight is 333 g/mol. The van der Waals surface area contributed by atoms with Crippen molar-refractivity contribution in [1.29, 1.82) is 5.26 Å². The van der Waals surface area contributed by atoms with Gasteiger partial charge in [-0.2, -0.15) is 5.26 Å². The van der Waals surface area contributed by atoms with Crippen LogP contribution in [0.3, 0.4) is 0 Å². The van der Waals surface area contributed by atoms with Crippen LogP contribution in [-0.4, -0.2) is 23.0 Å². The Hall–Kier alpha value is -2.80. The minimum atomic E-state index is -0.519. The lowest BCUT2D eigenvalue weighted by Crippen LogP contribution is -2.49. The first-order valence-electron chi connectivity index (χ1n) is 8.60. The van der Waals surface area contributed by atoms with E-state index in [2.05, 4.69) is 49.0 Å². The van der Waals surface area contributed by atoms with E-state index < -0.39 is 5.72 Å². The number of nitriles is 1. The van der Waals surface area contributed by atoms with Gasteiger partial charge in [-0.3, -0.25) is 0 Å². The lowest BCUT2D eigenvalue weighted by Gasteiger charge is -2.35. The van der Waals surface area contributed by atoms with Crippen LogP contribution in [0.1, 0.15) is 37.5 Å². The molecule has 2 aromatic rings. The molecule has 0 bridgehead atoms. The number of oxime groups is 1. The van der Waals surface area contributed by atoms with Gasteiger partial charge >= 0.3 is 0 Å². The number of benzene rings is 2. The molecule has 1 aliphatic rings. The van der Waals surface area contributed by atoms with Crippen molar-refractivity contribution in [2.75, 3.05) is 6.54 Å². The predicted molar refractivity (Wildman–Crippen MR) is 98.9 cm³/mol. The number of amidine groups is 1. The fraction of sp³-hybridized carbons (Fsp3) is 0.333. The molecule has 4 nitrogen and oxygen atoms in total. The summed E-state index contributed by atoms with van der Waals surface area (Å²) in [6.45, 7) is 7.32. The summed E-state index contributed by atoms with van der Waals surface area (Å²) >= 11 is 0. The minimum Gasteiger partial charge on any atom is -0.365 e. The zero-order chi connectivity index (χ0) is 17.9. The highest BCUT2D eigenvalue weighted by atomic mass is 16.7. The molecule has 1 aliphatic heterocycles. The summed E-state index contributed by atoms with van der Waals surface area (Å²) in [4.78, 5) is 8.17. The Morgan fingerprint density at radius 3 is 2.40 bits per heavy atom. The zero-order valence-corrected chi connectivity index (χ0v) is 14.9. The molecule has 0 aromatic heterocycles. The Labute approximate surface area is 149 Å². The molecule has 0 fully saturated rings. The molecule has 0 spiro atoms. The third-order valence-electron chi connectivity index (χ3n) is 4.35. The van der Waals surface area contributed by atoms with Gasteiger partial charge in [0.15, 0.2) is 5.84 Å². The maximum Gasteiger partial charge on any atom is 0.212 e. The maximum atomic E-state index is 9.00. The quantitative estimate of drug-likeness (QED) is 0.825. The summed E-state index contributed by atoms with van der Waals surface area (Å²) in [7, 11) is 0. The van der Waals surface area contributed by atoms with E-state index in [1.54, 1.807) is 0 Å². The zero-order valence-electron chi connectivity index (χ0n) is 14.9. The highest BCUT2D eigenvalue weighted by molar-refractivity contribution is 5.99. The molecular weight excluding hydrogens is 310 g/mol. The van der Waals surface area contributed by atoms with Gasteiger partial charge in [0.05, 0.1) is 11.6 Å². The summed E-state index contributed by atoms with van der Waals surface area (Å²) in [5.74, 6) is 1.30. The molecule has 0 saturated heterocycles. The topological polar surface area (TPSA) is 48.6 Å². The lowest BCUT2D eigenvalue weighted by atomic mass is 10.00. The van der Waals surface area contributed by atoms with Gasteiger partial charge in [0.1, 0.15) is 0 Å². The molecule has 0 saturated carbocycles. The van der Waals surface area contributed by atoms with E-state index in [9.17, 15) is 0 Å². The van der Waals surface area contributed by atoms with Gasteiger partial charge in [0.2, 0.25) is 5.72 Å². The Balaban J connectivity index is 1.90. The van der Waals surface area contributed by atoms with Gasteiger partial charge in [-0.05, 0) is 42.7 Å². The van der Waals surface area contributed by atoms with Crippen LogP contribution < -0.4 is 0 Å². The standard InChI is InChI=1S/C21H23N3O/c1-16(2)15-24-20(19-11-9-18(14-22)10-12-19)23-25-21(24,3)13-17-7-5-4-6-8-17/h4-12,16H,13,15H2,1-3H3. The largest absolute Gasteiger partial charge is 0.365 e. The Kier molecular flexibility index (Phi) is 4.76. The maximum absolute atomic E-state index is 9.00. The highest BCUT2D eigenvalue weighted by Crippen LogP contribution is 2.31. The molecule has 2 aromatic carbocycles. The van der Waals surface area contributed by atoms with E-state index in [0.717, 1.165) is 24.4 Å². The average Bonchev–Trinajstić information content (AvgIpc) is 2.92. The van der Waals surface area contributed by atoms with Crippen LogP contribution in [0, 0.1) is 17.2 Å². The molecule has 3 rings (SSSR count). The van der Waals surface area contributed by atoms with Crippen molar-refractivity contribution < 1.29 is 4.84 Å². The first kappa shape index (κ1) is 17.0. The van der Waals surface area contributed by atoms with E-state index >= 15 is 0 Å². The van der Waals surface area contributed by atoms with Crippen molar-refractivity contribution in [2.45, 2.75) is 32.9 Å². The van der Waals surface area contributed by atoms with Crippen LogP contribution in [0.5, 0.6) is 0 Å². The van der Waals surface area contributed by atoms with Crippen molar-refractivity contribution in [3.8, 4) is 6.07 Å². The summed E-state index contributed by atoms with van der Waals surface area (Å²) in [5, 5.41) is 13.4. The fourth-order valence-electron chi connectivity index (χ4n) is 3.11. The smallest absolute Gasteiger partial charge is 0.212 e. The number of hydrogen-bond acceptors (Lipinski definition) is 4. The molecular formula is C21H23N3O. The Morgan fingerprint density at radius 2 is 1.80 bits per heavy atom. The molecule has 1 atom stereocenters.